The second-order valence-corrected chi connectivity index (χ2v) is 8.63. The van der Waals surface area contributed by atoms with Gasteiger partial charge in [-0.25, -0.2) is 0 Å². The molecule has 32 heavy (non-hydrogen) atoms. The van der Waals surface area contributed by atoms with Crippen LogP contribution in [0.4, 0.5) is 0 Å². The molecule has 0 unspecified atom stereocenters. The van der Waals surface area contributed by atoms with Gasteiger partial charge in [-0.05, 0) is 22.3 Å². The van der Waals surface area contributed by atoms with Crippen molar-refractivity contribution in [1.82, 2.24) is 4.90 Å². The summed E-state index contributed by atoms with van der Waals surface area (Å²) in [5.41, 5.74) is 5.11. The third kappa shape index (κ3) is 6.86. The first-order valence-electron chi connectivity index (χ1n) is 10.9. The minimum absolute atomic E-state index is 0.679. The summed E-state index contributed by atoms with van der Waals surface area (Å²) in [6, 6.07) is 42.4. The Kier molecular flexibility index (Phi) is 8.16. The molecule has 0 aliphatic carbocycles. The van der Waals surface area contributed by atoms with Crippen molar-refractivity contribution in [2.45, 2.75) is 25.4 Å². The average molecular weight is 437 g/mol. The van der Waals surface area contributed by atoms with Gasteiger partial charge in [0.1, 0.15) is 0 Å². The maximum atomic E-state index is 5.11. The molecular weight excluding hydrogens is 408 g/mol. The summed E-state index contributed by atoms with van der Waals surface area (Å²) < 4.78 is 0. The highest BCUT2D eigenvalue weighted by Gasteiger charge is 2.14. The minimum atomic E-state index is 0.679. The molecule has 0 atom stereocenters. The zero-order valence-electron chi connectivity index (χ0n) is 18.2. The lowest BCUT2D eigenvalue weighted by atomic mass is 10.2. The van der Waals surface area contributed by atoms with E-state index < -0.39 is 0 Å². The van der Waals surface area contributed by atoms with Crippen molar-refractivity contribution in [3.63, 3.8) is 0 Å². The molecule has 4 aromatic carbocycles. The van der Waals surface area contributed by atoms with E-state index in [9.17, 15) is 0 Å². The highest BCUT2D eigenvalue weighted by atomic mass is 32.2. The summed E-state index contributed by atoms with van der Waals surface area (Å²) in [7, 11) is 0. The second kappa shape index (κ2) is 11.9. The Bertz CT molecular complexity index is 1040. The Morgan fingerprint density at radius 3 is 1.41 bits per heavy atom. The van der Waals surface area contributed by atoms with E-state index in [1.165, 1.54) is 22.3 Å². The fraction of sp³-hybridized carbons (Fsp3) is 0.138. The number of amidine groups is 1. The Hall–Kier alpha value is -3.30. The van der Waals surface area contributed by atoms with Crippen LogP contribution in [0.1, 0.15) is 22.3 Å². The van der Waals surface area contributed by atoms with Crippen LogP contribution in [0.3, 0.4) is 0 Å². The van der Waals surface area contributed by atoms with E-state index in [0.29, 0.717) is 6.54 Å². The summed E-state index contributed by atoms with van der Waals surface area (Å²) in [5.74, 6) is 0.897. The lowest BCUT2D eigenvalue weighted by molar-refractivity contribution is 0.413. The fourth-order valence-corrected chi connectivity index (χ4v) is 4.46. The van der Waals surface area contributed by atoms with Gasteiger partial charge < -0.3 is 4.90 Å². The van der Waals surface area contributed by atoms with E-state index in [0.717, 1.165) is 24.0 Å². The van der Waals surface area contributed by atoms with Crippen molar-refractivity contribution in [3.05, 3.63) is 144 Å². The summed E-state index contributed by atoms with van der Waals surface area (Å²) in [6.07, 6.45) is 0. The van der Waals surface area contributed by atoms with Crippen molar-refractivity contribution in [3.8, 4) is 0 Å². The van der Waals surface area contributed by atoms with E-state index in [-0.39, 0.29) is 0 Å². The van der Waals surface area contributed by atoms with Crippen molar-refractivity contribution in [2.24, 2.45) is 4.99 Å². The normalized spacial score (nSPS) is 11.3. The highest BCUT2D eigenvalue weighted by Crippen LogP contribution is 2.21. The summed E-state index contributed by atoms with van der Waals surface area (Å²) >= 11 is 1.82. The molecule has 2 nitrogen and oxygen atoms in total. The van der Waals surface area contributed by atoms with Crippen LogP contribution in [-0.4, -0.2) is 10.1 Å². The molecule has 0 aliphatic heterocycles. The van der Waals surface area contributed by atoms with Crippen molar-refractivity contribution in [2.75, 3.05) is 0 Å². The van der Waals surface area contributed by atoms with Crippen molar-refractivity contribution < 1.29 is 0 Å². The van der Waals surface area contributed by atoms with Gasteiger partial charge >= 0.3 is 0 Å². The smallest absolute Gasteiger partial charge is 0.160 e. The maximum Gasteiger partial charge on any atom is 0.160 e. The Balaban J connectivity index is 1.61. The molecule has 0 saturated carbocycles. The first kappa shape index (κ1) is 21.9. The third-order valence-electron chi connectivity index (χ3n) is 5.15. The van der Waals surface area contributed by atoms with Crippen LogP contribution >= 0.6 is 11.8 Å². The molecule has 0 N–H and O–H groups in total. The van der Waals surface area contributed by atoms with Gasteiger partial charge in [0.05, 0.1) is 6.54 Å². The zero-order chi connectivity index (χ0) is 21.8. The molecular formula is C29H28N2S. The van der Waals surface area contributed by atoms with Crippen LogP contribution in [0.5, 0.6) is 0 Å². The summed E-state index contributed by atoms with van der Waals surface area (Å²) in [4.78, 5) is 7.51. The molecule has 0 aromatic heterocycles. The van der Waals surface area contributed by atoms with E-state index in [1.807, 2.05) is 11.8 Å². The van der Waals surface area contributed by atoms with Crippen LogP contribution in [0.15, 0.2) is 126 Å². The standard InChI is InChI=1S/C29H28N2S/c1-5-13-25(14-6-1)21-30-29(32-24-28-19-11-4-12-20-28)31(22-26-15-7-2-8-16-26)23-27-17-9-3-10-18-27/h1-20H,21-24H2. The molecule has 0 amide bonds. The third-order valence-corrected chi connectivity index (χ3v) is 6.28. The predicted molar refractivity (Wildman–Crippen MR) is 137 cm³/mol. The number of aliphatic imine (C=N–C) groups is 1. The second-order valence-electron chi connectivity index (χ2n) is 7.69. The van der Waals surface area contributed by atoms with E-state index >= 15 is 0 Å². The first-order valence-corrected chi connectivity index (χ1v) is 11.9. The topological polar surface area (TPSA) is 15.6 Å². The zero-order valence-corrected chi connectivity index (χ0v) is 19.0. The van der Waals surface area contributed by atoms with E-state index in [2.05, 4.69) is 126 Å². The van der Waals surface area contributed by atoms with Gasteiger partial charge in [-0.2, -0.15) is 0 Å². The molecule has 0 fully saturated rings. The quantitative estimate of drug-likeness (QED) is 0.215. The predicted octanol–water partition coefficient (Wildman–Crippen LogP) is 7.18. The van der Waals surface area contributed by atoms with E-state index in [4.69, 9.17) is 4.99 Å². The van der Waals surface area contributed by atoms with Gasteiger partial charge in [-0.15, -0.1) is 0 Å². The van der Waals surface area contributed by atoms with Crippen molar-refractivity contribution >= 4 is 16.9 Å². The highest BCUT2D eigenvalue weighted by molar-refractivity contribution is 8.13. The molecule has 0 spiro atoms. The molecule has 0 heterocycles. The Morgan fingerprint density at radius 2 is 0.938 bits per heavy atom. The Morgan fingerprint density at radius 1 is 0.531 bits per heavy atom. The SMILES string of the molecule is c1ccc(CN=C(SCc2ccccc2)N(Cc2ccccc2)Cc2ccccc2)cc1. The van der Waals surface area contributed by atoms with Gasteiger partial charge in [-0.1, -0.05) is 133 Å². The first-order chi connectivity index (χ1) is 15.9. The van der Waals surface area contributed by atoms with Crippen LogP contribution in [0.2, 0.25) is 0 Å². The molecule has 4 rings (SSSR count). The molecule has 3 heteroatoms. The number of rotatable bonds is 8. The largest absolute Gasteiger partial charge is 0.343 e. The fourth-order valence-electron chi connectivity index (χ4n) is 3.50. The molecule has 0 bridgehead atoms. The van der Waals surface area contributed by atoms with Crippen LogP contribution in [0.25, 0.3) is 0 Å². The number of benzene rings is 4. The minimum Gasteiger partial charge on any atom is -0.343 e. The summed E-state index contributed by atoms with van der Waals surface area (Å²) in [5, 5.41) is 1.07. The lowest BCUT2D eigenvalue weighted by Gasteiger charge is -2.26. The van der Waals surface area contributed by atoms with Gasteiger partial charge in [0.25, 0.3) is 0 Å². The lowest BCUT2D eigenvalue weighted by Crippen LogP contribution is -2.28. The summed E-state index contributed by atoms with van der Waals surface area (Å²) in [6.45, 7) is 2.33. The number of hydrogen-bond donors (Lipinski definition) is 0. The molecule has 0 aliphatic rings. The Labute approximate surface area is 195 Å². The number of thioether (sulfide) groups is 1. The van der Waals surface area contributed by atoms with Crippen LogP contribution in [0, 0.1) is 0 Å². The number of hydrogen-bond acceptors (Lipinski definition) is 2. The molecule has 4 aromatic rings. The van der Waals surface area contributed by atoms with E-state index in [1.54, 1.807) is 0 Å². The van der Waals surface area contributed by atoms with Crippen LogP contribution in [-0.2, 0) is 25.4 Å². The van der Waals surface area contributed by atoms with Gasteiger partial charge in [-0.3, -0.25) is 4.99 Å². The average Bonchev–Trinajstić information content (AvgIpc) is 2.86. The molecule has 160 valence electrons. The monoisotopic (exact) mass is 436 g/mol. The maximum absolute atomic E-state index is 5.11. The number of nitrogens with zero attached hydrogens (tertiary/aromatic N) is 2. The van der Waals surface area contributed by atoms with Crippen molar-refractivity contribution in [1.29, 1.82) is 0 Å². The van der Waals surface area contributed by atoms with Gasteiger partial charge in [0, 0.05) is 18.8 Å². The van der Waals surface area contributed by atoms with Gasteiger partial charge in [0.2, 0.25) is 0 Å². The van der Waals surface area contributed by atoms with Crippen LogP contribution < -0.4 is 0 Å². The molecule has 0 saturated heterocycles. The molecule has 0 radical (unpaired) electrons. The van der Waals surface area contributed by atoms with Gasteiger partial charge in [0.15, 0.2) is 5.17 Å².